The SMILES string of the molecule is COCOc1cc(Nc2cc(-c3ccc(C)cc3)nn2C)c(C(=O)OC)c(OCOC)c1. The predicted octanol–water partition coefficient (Wildman–Crippen LogP) is 3.89. The van der Waals surface area contributed by atoms with E-state index in [1.807, 2.05) is 44.3 Å². The quantitative estimate of drug-likeness (QED) is 0.374. The molecule has 0 saturated heterocycles. The third-order valence-electron chi connectivity index (χ3n) is 4.63. The van der Waals surface area contributed by atoms with E-state index in [4.69, 9.17) is 23.7 Å². The Morgan fingerprint density at radius 3 is 2.34 bits per heavy atom. The van der Waals surface area contributed by atoms with Crippen molar-refractivity contribution in [2.45, 2.75) is 6.92 Å². The van der Waals surface area contributed by atoms with Crippen LogP contribution in [0.3, 0.4) is 0 Å². The maximum Gasteiger partial charge on any atom is 0.343 e. The smallest absolute Gasteiger partial charge is 0.343 e. The molecule has 0 atom stereocenters. The third-order valence-corrected chi connectivity index (χ3v) is 4.63. The molecule has 170 valence electrons. The van der Waals surface area contributed by atoms with Crippen LogP contribution in [0, 0.1) is 6.92 Å². The summed E-state index contributed by atoms with van der Waals surface area (Å²) in [5, 5.41) is 7.83. The average Bonchev–Trinajstić information content (AvgIpc) is 3.16. The van der Waals surface area contributed by atoms with Gasteiger partial charge in [0.05, 0.1) is 18.5 Å². The van der Waals surface area contributed by atoms with Crippen LogP contribution in [-0.2, 0) is 21.3 Å². The van der Waals surface area contributed by atoms with Gasteiger partial charge < -0.3 is 29.0 Å². The molecule has 0 unspecified atom stereocenters. The van der Waals surface area contributed by atoms with Gasteiger partial charge >= 0.3 is 5.97 Å². The molecular formula is C23H27N3O6. The van der Waals surface area contributed by atoms with Gasteiger partial charge in [-0.2, -0.15) is 5.10 Å². The van der Waals surface area contributed by atoms with Gasteiger partial charge in [0.1, 0.15) is 22.9 Å². The molecule has 1 N–H and O–H groups in total. The minimum atomic E-state index is -0.571. The summed E-state index contributed by atoms with van der Waals surface area (Å²) >= 11 is 0. The highest BCUT2D eigenvalue weighted by Gasteiger charge is 2.22. The van der Waals surface area contributed by atoms with E-state index in [2.05, 4.69) is 10.4 Å². The van der Waals surface area contributed by atoms with Crippen molar-refractivity contribution in [3.63, 3.8) is 0 Å². The summed E-state index contributed by atoms with van der Waals surface area (Å²) in [6, 6.07) is 13.2. The predicted molar refractivity (Wildman–Crippen MR) is 119 cm³/mol. The highest BCUT2D eigenvalue weighted by atomic mass is 16.7. The lowest BCUT2D eigenvalue weighted by molar-refractivity contribution is 0.0436. The molecule has 3 aromatic rings. The van der Waals surface area contributed by atoms with E-state index in [9.17, 15) is 4.79 Å². The number of aryl methyl sites for hydroxylation is 2. The number of anilines is 2. The van der Waals surface area contributed by atoms with Crippen LogP contribution in [0.15, 0.2) is 42.5 Å². The Labute approximate surface area is 186 Å². The Morgan fingerprint density at radius 2 is 1.69 bits per heavy atom. The van der Waals surface area contributed by atoms with Crippen molar-refractivity contribution in [1.29, 1.82) is 0 Å². The summed E-state index contributed by atoms with van der Waals surface area (Å²) in [7, 11) is 6.13. The molecule has 0 amide bonds. The zero-order chi connectivity index (χ0) is 23.1. The van der Waals surface area contributed by atoms with Gasteiger partial charge in [0.2, 0.25) is 0 Å². The van der Waals surface area contributed by atoms with Gasteiger partial charge in [-0.25, -0.2) is 4.79 Å². The molecule has 0 aliphatic heterocycles. The number of hydrogen-bond acceptors (Lipinski definition) is 8. The first-order valence-corrected chi connectivity index (χ1v) is 9.84. The minimum Gasteiger partial charge on any atom is -0.467 e. The standard InChI is InChI=1S/C23H27N3O6/c1-15-6-8-16(9-7-15)18-12-21(26(2)25-18)24-19-10-17(31-13-28-3)11-20(32-14-29-4)22(19)23(27)30-5/h6-12,24H,13-14H2,1-5H3. The van der Waals surface area contributed by atoms with Crippen molar-refractivity contribution in [1.82, 2.24) is 9.78 Å². The number of carbonyl (C=O) groups is 1. The molecule has 9 heteroatoms. The second kappa shape index (κ2) is 10.7. The van der Waals surface area contributed by atoms with Crippen LogP contribution in [0.4, 0.5) is 11.5 Å². The Kier molecular flexibility index (Phi) is 7.69. The molecule has 0 aliphatic rings. The van der Waals surface area contributed by atoms with Crippen molar-refractivity contribution in [2.24, 2.45) is 7.05 Å². The van der Waals surface area contributed by atoms with Crippen molar-refractivity contribution in [3.8, 4) is 22.8 Å². The van der Waals surface area contributed by atoms with Crippen molar-refractivity contribution >= 4 is 17.5 Å². The normalized spacial score (nSPS) is 10.7. The van der Waals surface area contributed by atoms with Gasteiger partial charge in [0, 0.05) is 45.0 Å². The van der Waals surface area contributed by atoms with Crippen LogP contribution < -0.4 is 14.8 Å². The number of hydrogen-bond donors (Lipinski definition) is 1. The summed E-state index contributed by atoms with van der Waals surface area (Å²) < 4.78 is 27.9. The summed E-state index contributed by atoms with van der Waals surface area (Å²) in [5.74, 6) is 0.773. The van der Waals surface area contributed by atoms with Gasteiger partial charge in [0.25, 0.3) is 0 Å². The summed E-state index contributed by atoms with van der Waals surface area (Å²) in [5.41, 5.74) is 3.57. The van der Waals surface area contributed by atoms with Crippen LogP contribution in [-0.4, -0.2) is 50.7 Å². The molecule has 32 heavy (non-hydrogen) atoms. The van der Waals surface area contributed by atoms with Gasteiger partial charge in [0.15, 0.2) is 13.6 Å². The fraction of sp³-hybridized carbons (Fsp3) is 0.304. The van der Waals surface area contributed by atoms with Crippen LogP contribution in [0.1, 0.15) is 15.9 Å². The number of esters is 1. The highest BCUT2D eigenvalue weighted by Crippen LogP contribution is 2.36. The summed E-state index contributed by atoms with van der Waals surface area (Å²) in [6.45, 7) is 2.01. The second-order valence-electron chi connectivity index (χ2n) is 6.97. The summed E-state index contributed by atoms with van der Waals surface area (Å²) in [4.78, 5) is 12.6. The van der Waals surface area contributed by atoms with E-state index < -0.39 is 5.97 Å². The van der Waals surface area contributed by atoms with Crippen LogP contribution in [0.25, 0.3) is 11.3 Å². The van der Waals surface area contributed by atoms with E-state index in [-0.39, 0.29) is 24.9 Å². The lowest BCUT2D eigenvalue weighted by atomic mass is 10.1. The first-order chi connectivity index (χ1) is 15.5. The first-order valence-electron chi connectivity index (χ1n) is 9.84. The fourth-order valence-corrected chi connectivity index (χ4v) is 3.04. The van der Waals surface area contributed by atoms with Crippen LogP contribution in [0.2, 0.25) is 0 Å². The number of ether oxygens (including phenoxy) is 5. The molecule has 1 heterocycles. The molecule has 3 rings (SSSR count). The van der Waals surface area contributed by atoms with Gasteiger partial charge in [-0.3, -0.25) is 4.68 Å². The molecule has 9 nitrogen and oxygen atoms in total. The van der Waals surface area contributed by atoms with Gasteiger partial charge in [-0.15, -0.1) is 0 Å². The highest BCUT2D eigenvalue weighted by molar-refractivity contribution is 6.00. The largest absolute Gasteiger partial charge is 0.467 e. The molecule has 0 spiro atoms. The second-order valence-corrected chi connectivity index (χ2v) is 6.97. The molecular weight excluding hydrogens is 414 g/mol. The van der Waals surface area contributed by atoms with Crippen LogP contribution >= 0.6 is 0 Å². The van der Waals surface area contributed by atoms with Crippen molar-refractivity contribution in [3.05, 3.63) is 53.6 Å². The lowest BCUT2D eigenvalue weighted by Gasteiger charge is -2.17. The number of aromatic nitrogens is 2. The van der Waals surface area contributed by atoms with E-state index >= 15 is 0 Å². The molecule has 0 bridgehead atoms. The van der Waals surface area contributed by atoms with Crippen molar-refractivity contribution < 1.29 is 28.5 Å². The number of methoxy groups -OCH3 is 3. The molecule has 0 radical (unpaired) electrons. The Balaban J connectivity index is 2.03. The van der Waals surface area contributed by atoms with Gasteiger partial charge in [-0.1, -0.05) is 29.8 Å². The number of carbonyl (C=O) groups excluding carboxylic acids is 1. The molecule has 0 fully saturated rings. The number of rotatable bonds is 10. The first kappa shape index (κ1) is 23.1. The molecule has 1 aromatic heterocycles. The molecule has 0 saturated carbocycles. The fourth-order valence-electron chi connectivity index (χ4n) is 3.04. The van der Waals surface area contributed by atoms with E-state index in [0.29, 0.717) is 17.3 Å². The number of nitrogens with one attached hydrogen (secondary N) is 1. The van der Waals surface area contributed by atoms with E-state index in [1.165, 1.54) is 26.9 Å². The van der Waals surface area contributed by atoms with Crippen LogP contribution in [0.5, 0.6) is 11.5 Å². The topological polar surface area (TPSA) is 93.1 Å². The minimum absolute atomic E-state index is 0.0318. The van der Waals surface area contributed by atoms with E-state index in [0.717, 1.165) is 11.3 Å². The third kappa shape index (κ3) is 5.37. The van der Waals surface area contributed by atoms with Crippen molar-refractivity contribution in [2.75, 3.05) is 40.2 Å². The van der Waals surface area contributed by atoms with E-state index in [1.54, 1.807) is 16.8 Å². The Bertz CT molecular complexity index is 1060. The molecule has 0 aliphatic carbocycles. The number of nitrogens with zero attached hydrogens (tertiary/aromatic N) is 2. The lowest BCUT2D eigenvalue weighted by Crippen LogP contribution is -2.12. The monoisotopic (exact) mass is 441 g/mol. The Hall–Kier alpha value is -3.56. The Morgan fingerprint density at radius 1 is 1.00 bits per heavy atom. The molecule has 2 aromatic carbocycles. The maximum atomic E-state index is 12.6. The maximum absolute atomic E-state index is 12.6. The average molecular weight is 441 g/mol. The number of benzene rings is 2. The zero-order valence-electron chi connectivity index (χ0n) is 18.8. The zero-order valence-corrected chi connectivity index (χ0v) is 18.8. The summed E-state index contributed by atoms with van der Waals surface area (Å²) in [6.07, 6.45) is 0. The van der Waals surface area contributed by atoms with Gasteiger partial charge in [-0.05, 0) is 6.92 Å².